The Labute approximate surface area is 253 Å². The topological polar surface area (TPSA) is 151 Å². The van der Waals surface area contributed by atoms with Crippen LogP contribution in [-0.2, 0) is 19.2 Å². The van der Waals surface area contributed by atoms with Gasteiger partial charge in [-0.25, -0.2) is 4.79 Å². The molecule has 10 nitrogen and oxygen atoms in total. The third-order valence-electron chi connectivity index (χ3n) is 5.96. The lowest BCUT2D eigenvalue weighted by atomic mass is 9.80. The first-order chi connectivity index (χ1) is 26.5. The molecule has 2 saturated carbocycles. The van der Waals surface area contributed by atoms with Crippen molar-refractivity contribution in [3.63, 3.8) is 0 Å². The molecule has 5 N–H and O–H groups in total. The fourth-order valence-corrected chi connectivity index (χ4v) is 4.17. The summed E-state index contributed by atoms with van der Waals surface area (Å²) in [5.74, 6) is -16.7. The third-order valence-corrected chi connectivity index (χ3v) is 5.96. The van der Waals surface area contributed by atoms with Crippen molar-refractivity contribution in [3.8, 4) is 0 Å². The number of nitrogens with two attached hydrogens (primary N) is 1. The molecule has 0 bridgehead atoms. The summed E-state index contributed by atoms with van der Waals surface area (Å²) in [7, 11) is 0. The Hall–Kier alpha value is -2.65. The van der Waals surface area contributed by atoms with E-state index in [0.29, 0.717) is 0 Å². The van der Waals surface area contributed by atoms with Crippen LogP contribution >= 0.6 is 0 Å². The summed E-state index contributed by atoms with van der Waals surface area (Å²) in [6.07, 6.45) is -15.7. The number of fused-ring (bicyclic) bond motifs is 1. The van der Waals surface area contributed by atoms with E-state index in [1.54, 1.807) is 10.6 Å². The summed E-state index contributed by atoms with van der Waals surface area (Å²) < 4.78 is 197. The van der Waals surface area contributed by atoms with E-state index in [1.807, 2.05) is 0 Å². The van der Waals surface area contributed by atoms with E-state index in [-0.39, 0.29) is 4.90 Å². The maximum Gasteiger partial charge on any atom is 0.315 e. The zero-order valence-corrected chi connectivity index (χ0v) is 20.2. The summed E-state index contributed by atoms with van der Waals surface area (Å²) in [6, 6.07) is -11.0. The Morgan fingerprint density at radius 2 is 1.81 bits per heavy atom. The van der Waals surface area contributed by atoms with Gasteiger partial charge in [0.1, 0.15) is 12.1 Å². The second-order valence-electron chi connectivity index (χ2n) is 10.1. The van der Waals surface area contributed by atoms with Gasteiger partial charge in [0.05, 0.1) is 6.04 Å². The quantitative estimate of drug-likeness (QED) is 0.344. The number of carbonyl (C=O) groups excluding carboxylic acids is 5. The molecule has 1 heterocycles. The molecule has 0 radical (unpaired) electrons. The first-order valence-electron chi connectivity index (χ1n) is 23.0. The summed E-state index contributed by atoms with van der Waals surface area (Å²) in [6.45, 7) is -17.2. The van der Waals surface area contributed by atoms with E-state index < -0.39 is 148 Å². The molecular formula is C27H45N5O5. The number of urea groups is 1. The average Bonchev–Trinajstić information content (AvgIpc) is 3.53. The van der Waals surface area contributed by atoms with Gasteiger partial charge in [-0.15, -0.1) is 0 Å². The van der Waals surface area contributed by atoms with Gasteiger partial charge < -0.3 is 26.6 Å². The molecule has 0 aromatic carbocycles. The van der Waals surface area contributed by atoms with Crippen molar-refractivity contribution in [2.45, 2.75) is 104 Å². The van der Waals surface area contributed by atoms with Crippen LogP contribution in [0.4, 0.5) is 4.79 Å². The Morgan fingerprint density at radius 1 is 1.16 bits per heavy atom. The van der Waals surface area contributed by atoms with E-state index in [1.165, 1.54) is 20.8 Å². The molecular weight excluding hydrogens is 474 g/mol. The molecule has 208 valence electrons. The number of hydrogen-bond donors (Lipinski definition) is 4. The minimum absolute atomic E-state index is 0.0960. The molecule has 3 fully saturated rings. The van der Waals surface area contributed by atoms with Gasteiger partial charge in [-0.1, -0.05) is 53.4 Å². The van der Waals surface area contributed by atoms with Crippen LogP contribution < -0.4 is 21.7 Å². The Balaban J connectivity index is 2.43. The Morgan fingerprint density at radius 3 is 2.35 bits per heavy atom. The first-order valence-corrected chi connectivity index (χ1v) is 11.0. The van der Waals surface area contributed by atoms with Gasteiger partial charge in [0, 0.05) is 45.0 Å². The number of hydrogen-bond acceptors (Lipinski definition) is 5. The number of piperidine rings is 1. The zero-order chi connectivity index (χ0) is 48.7. The predicted octanol–water partition coefficient (Wildman–Crippen LogP) is 1.71. The first kappa shape index (κ1) is 10.5. The number of nitrogens with one attached hydrogen (secondary N) is 3. The van der Waals surface area contributed by atoms with Crippen LogP contribution in [0.15, 0.2) is 0 Å². The second kappa shape index (κ2) is 9.91. The van der Waals surface area contributed by atoms with Crippen LogP contribution in [0.3, 0.4) is 0 Å². The van der Waals surface area contributed by atoms with Crippen molar-refractivity contribution in [2.24, 2.45) is 34.3 Å². The molecule has 1 saturated heterocycles. The molecule has 2 aliphatic carbocycles. The lowest BCUT2D eigenvalue weighted by molar-refractivity contribution is -0.145. The number of primary amides is 1. The molecule has 1 aliphatic heterocycles. The maximum absolute atomic E-state index is 14.9. The number of carbonyl (C=O) groups is 5. The maximum atomic E-state index is 14.9. The molecule has 3 rings (SSSR count). The standard InChI is InChI=1S/C27H45N5O5/c1-25(2,3)20(30-24(37)31-26(4,5)6)23(36)32-13-15-17(27(15,7)8)18(32)22(35)29-16(19(33)21(28)34)12-14-10-9-11-14/h14-18,20H,9-13H2,1-8H3,(H2,28,34)(H,29,35)(H2,30,31,37)/t15-,16-,17-,18-,20+/m0/s1/i1D3,2D3,3D3,7D3,8D3,9D2,10D2,11D2,12D2,14D. The Kier molecular flexibility index (Phi) is 2.81. The van der Waals surface area contributed by atoms with E-state index in [2.05, 4.69) is 5.32 Å². The lowest BCUT2D eigenvalue weighted by Gasteiger charge is -2.38. The minimum Gasteiger partial charge on any atom is -0.363 e. The van der Waals surface area contributed by atoms with E-state index >= 15 is 0 Å². The molecule has 0 spiro atoms. The minimum atomic E-state index is -4.31. The number of ketones is 1. The zero-order valence-electron chi connectivity index (χ0n) is 44.2. The lowest BCUT2D eigenvalue weighted by Crippen LogP contribution is -2.62. The monoisotopic (exact) mass is 543 g/mol. The summed E-state index contributed by atoms with van der Waals surface area (Å²) >= 11 is 0. The Bertz CT molecular complexity index is 1760. The van der Waals surface area contributed by atoms with Gasteiger partial charge in [-0.3, -0.25) is 19.2 Å². The largest absolute Gasteiger partial charge is 0.363 e. The predicted molar refractivity (Wildman–Crippen MR) is 139 cm³/mol. The van der Waals surface area contributed by atoms with Crippen molar-refractivity contribution < 1.29 is 56.9 Å². The molecule has 10 heteroatoms. The summed E-state index contributed by atoms with van der Waals surface area (Å²) in [4.78, 5) is 68.5. The molecule has 37 heavy (non-hydrogen) atoms. The third kappa shape index (κ3) is 6.26. The highest BCUT2D eigenvalue weighted by atomic mass is 16.2. The van der Waals surface area contributed by atoms with Crippen molar-refractivity contribution in [3.05, 3.63) is 0 Å². The van der Waals surface area contributed by atoms with Gasteiger partial charge in [0.25, 0.3) is 5.91 Å². The van der Waals surface area contributed by atoms with Crippen LogP contribution in [-0.4, -0.2) is 64.6 Å². The van der Waals surface area contributed by atoms with Gasteiger partial charge in [0.15, 0.2) is 0 Å². The molecule has 5 amide bonds. The van der Waals surface area contributed by atoms with Crippen molar-refractivity contribution in [2.75, 3.05) is 6.54 Å². The second-order valence-corrected chi connectivity index (χ2v) is 10.1. The number of rotatable bonds is 8. The van der Waals surface area contributed by atoms with Crippen molar-refractivity contribution in [1.82, 2.24) is 20.9 Å². The molecule has 0 aromatic heterocycles. The van der Waals surface area contributed by atoms with Crippen LogP contribution in [0.2, 0.25) is 0 Å². The fourth-order valence-electron chi connectivity index (χ4n) is 4.17. The number of nitrogens with zero attached hydrogens (tertiary/aromatic N) is 1. The fraction of sp³-hybridized carbons (Fsp3) is 0.815. The summed E-state index contributed by atoms with van der Waals surface area (Å²) in [5, 5.41) is 5.50. The highest BCUT2D eigenvalue weighted by Crippen LogP contribution is 2.65. The molecule has 3 aliphatic rings. The van der Waals surface area contributed by atoms with E-state index in [0.717, 1.165) is 0 Å². The number of Topliss-reactive ketones (excluding diaryl/α,β-unsaturated/α-hetero) is 1. The molecule has 5 atom stereocenters. The van der Waals surface area contributed by atoms with Crippen molar-refractivity contribution in [1.29, 1.82) is 0 Å². The van der Waals surface area contributed by atoms with Crippen LogP contribution in [0.1, 0.15) is 113 Å². The van der Waals surface area contributed by atoms with Gasteiger partial charge >= 0.3 is 6.03 Å². The molecule has 0 unspecified atom stereocenters. The highest BCUT2D eigenvalue weighted by molar-refractivity contribution is 6.37. The average molecular weight is 544 g/mol. The highest BCUT2D eigenvalue weighted by Gasteiger charge is 2.70. The van der Waals surface area contributed by atoms with Gasteiger partial charge in [-0.05, 0) is 55.7 Å². The van der Waals surface area contributed by atoms with Gasteiger partial charge in [-0.2, -0.15) is 0 Å². The van der Waals surface area contributed by atoms with Crippen LogP contribution in [0.5, 0.6) is 0 Å². The smallest absolute Gasteiger partial charge is 0.315 e. The van der Waals surface area contributed by atoms with Crippen molar-refractivity contribution >= 4 is 29.5 Å². The van der Waals surface area contributed by atoms with Crippen LogP contribution in [0.25, 0.3) is 0 Å². The van der Waals surface area contributed by atoms with Crippen LogP contribution in [0, 0.1) is 28.6 Å². The number of likely N-dealkylation sites (tertiary alicyclic amines) is 1. The van der Waals surface area contributed by atoms with E-state index in [9.17, 15) is 24.0 Å². The normalized spacial score (nSPS) is 42.9. The SMILES string of the molecule is [2H]C([2H])([2H])C1(C([2H])([2H])[2H])[C@@H]2[C@@H](C(=O)N[C@H](C(=O)C(N)=O)C([2H])([2H])C3([2H])C([2H])([2H])C([2H])([2H])C3([2H])[2H])N(C(=O)[C@@H](NC(=O)NC(C)(C)C)C(C([2H])([2H])[2H])(C([2H])([2H])[2H])C([2H])([2H])[2H])C[C@@H]21. The molecule has 0 aromatic rings. The summed E-state index contributed by atoms with van der Waals surface area (Å²) in [5.41, 5.74) is -3.50. The van der Waals surface area contributed by atoms with E-state index in [4.69, 9.17) is 38.6 Å². The number of amides is 5. The van der Waals surface area contributed by atoms with Gasteiger partial charge in [0.2, 0.25) is 17.6 Å².